The van der Waals surface area contributed by atoms with Crippen LogP contribution in [0, 0.1) is 13.8 Å². The van der Waals surface area contributed by atoms with Crippen LogP contribution >= 0.6 is 0 Å². The molecule has 0 radical (unpaired) electrons. The van der Waals surface area contributed by atoms with Crippen LogP contribution in [0.5, 0.6) is 0 Å². The summed E-state index contributed by atoms with van der Waals surface area (Å²) >= 11 is 0. The quantitative estimate of drug-likeness (QED) is 0.838. The second-order valence-corrected chi connectivity index (χ2v) is 6.80. The third-order valence-electron chi connectivity index (χ3n) is 4.48. The number of likely N-dealkylation sites (N-methyl/N-ethyl adjacent to an activating group) is 1. The molecule has 0 N–H and O–H groups in total. The fourth-order valence-corrected chi connectivity index (χ4v) is 3.04. The molecule has 134 valence electrons. The topological polar surface area (TPSA) is 88.2 Å². The average molecular weight is 344 g/mol. The first-order valence-corrected chi connectivity index (χ1v) is 8.50. The number of rotatable bonds is 3. The van der Waals surface area contributed by atoms with E-state index in [0.29, 0.717) is 36.2 Å². The number of amides is 1. The van der Waals surface area contributed by atoms with E-state index in [2.05, 4.69) is 25.0 Å². The Balaban J connectivity index is 1.85. The van der Waals surface area contributed by atoms with Crippen molar-refractivity contribution in [3.8, 4) is 0 Å². The summed E-state index contributed by atoms with van der Waals surface area (Å²) < 4.78 is 5.32. The summed E-state index contributed by atoms with van der Waals surface area (Å²) in [6.07, 6.45) is 1.64. The van der Waals surface area contributed by atoms with E-state index >= 15 is 0 Å². The highest BCUT2D eigenvalue weighted by atomic mass is 16.5. The Morgan fingerprint density at radius 1 is 1.24 bits per heavy atom. The van der Waals surface area contributed by atoms with Crippen LogP contribution in [0.2, 0.25) is 0 Å². The second-order valence-electron chi connectivity index (χ2n) is 6.80. The zero-order chi connectivity index (χ0) is 18.1. The van der Waals surface area contributed by atoms with Gasteiger partial charge in [0.2, 0.25) is 5.89 Å². The lowest BCUT2D eigenvalue weighted by atomic mass is 10.0. The Bertz CT molecular complexity index is 772. The molecule has 0 unspecified atom stereocenters. The van der Waals surface area contributed by atoms with E-state index in [4.69, 9.17) is 4.52 Å². The molecular formula is C17H24N6O2. The summed E-state index contributed by atoms with van der Waals surface area (Å²) in [7, 11) is 2.00. The van der Waals surface area contributed by atoms with E-state index in [1.165, 1.54) is 0 Å². The predicted octanol–water partition coefficient (Wildman–Crippen LogP) is 1.73. The van der Waals surface area contributed by atoms with Gasteiger partial charge in [0.25, 0.3) is 5.91 Å². The van der Waals surface area contributed by atoms with E-state index in [1.54, 1.807) is 13.1 Å². The van der Waals surface area contributed by atoms with Crippen molar-refractivity contribution in [2.24, 2.45) is 0 Å². The molecule has 8 nitrogen and oxygen atoms in total. The Morgan fingerprint density at radius 2 is 2.00 bits per heavy atom. The van der Waals surface area contributed by atoms with Gasteiger partial charge in [0.1, 0.15) is 11.9 Å². The van der Waals surface area contributed by atoms with Crippen molar-refractivity contribution in [3.63, 3.8) is 0 Å². The summed E-state index contributed by atoms with van der Waals surface area (Å²) in [4.78, 5) is 30.1. The molecule has 0 aliphatic carbocycles. The van der Waals surface area contributed by atoms with Crippen molar-refractivity contribution in [2.75, 3.05) is 26.7 Å². The van der Waals surface area contributed by atoms with E-state index < -0.39 is 0 Å². The molecule has 0 spiro atoms. The number of hydrogen-bond acceptors (Lipinski definition) is 7. The molecule has 8 heteroatoms. The first-order chi connectivity index (χ1) is 11.9. The molecule has 25 heavy (non-hydrogen) atoms. The first kappa shape index (κ1) is 17.5. The lowest BCUT2D eigenvalue weighted by Gasteiger charge is -2.37. The first-order valence-electron chi connectivity index (χ1n) is 8.50. The molecular weight excluding hydrogens is 320 g/mol. The number of nitrogens with zero attached hydrogens (tertiary/aromatic N) is 6. The van der Waals surface area contributed by atoms with Crippen LogP contribution in [-0.4, -0.2) is 62.5 Å². The van der Waals surface area contributed by atoms with Gasteiger partial charge in [-0.15, -0.1) is 0 Å². The Labute approximate surface area is 147 Å². The SMILES string of the molecule is Cc1noc([C@H]2CN(C(=O)c3cnc(C)nc3C(C)C)CCN2C)n1. The van der Waals surface area contributed by atoms with Crippen molar-refractivity contribution >= 4 is 5.91 Å². The number of carbonyl (C=O) groups is 1. The number of aromatic nitrogens is 4. The third-order valence-corrected chi connectivity index (χ3v) is 4.48. The van der Waals surface area contributed by atoms with Crippen LogP contribution in [0.1, 0.15) is 59.4 Å². The molecule has 0 saturated carbocycles. The minimum Gasteiger partial charge on any atom is -0.338 e. The maximum Gasteiger partial charge on any atom is 0.257 e. The molecule has 0 aromatic carbocycles. The average Bonchev–Trinajstić information content (AvgIpc) is 3.00. The van der Waals surface area contributed by atoms with Gasteiger partial charge in [-0.2, -0.15) is 4.98 Å². The molecule has 2 aromatic heterocycles. The minimum absolute atomic E-state index is 0.0435. The van der Waals surface area contributed by atoms with Gasteiger partial charge in [-0.3, -0.25) is 9.69 Å². The van der Waals surface area contributed by atoms with Crippen molar-refractivity contribution in [1.29, 1.82) is 0 Å². The summed E-state index contributed by atoms with van der Waals surface area (Å²) in [5, 5.41) is 3.87. The van der Waals surface area contributed by atoms with E-state index in [1.807, 2.05) is 32.7 Å². The second kappa shape index (κ2) is 6.87. The lowest BCUT2D eigenvalue weighted by Crippen LogP contribution is -2.49. The van der Waals surface area contributed by atoms with Crippen LogP contribution < -0.4 is 0 Å². The van der Waals surface area contributed by atoms with Gasteiger partial charge in [0.15, 0.2) is 5.82 Å². The molecule has 1 aliphatic rings. The third kappa shape index (κ3) is 3.53. The lowest BCUT2D eigenvalue weighted by molar-refractivity contribution is 0.0486. The van der Waals surface area contributed by atoms with Crippen LogP contribution in [-0.2, 0) is 0 Å². The summed E-state index contributed by atoms with van der Waals surface area (Å²) in [6.45, 7) is 9.58. The zero-order valence-corrected chi connectivity index (χ0v) is 15.4. The normalized spacial score (nSPS) is 18.8. The predicted molar refractivity (Wildman–Crippen MR) is 91.2 cm³/mol. The standard InChI is InChI=1S/C17H24N6O2/c1-10(2)15-13(8-18-11(3)19-15)17(24)23-7-6-22(5)14(9-23)16-20-12(4)21-25-16/h8,10,14H,6-7,9H2,1-5H3/t14-/m1/s1. The molecule has 3 rings (SSSR count). The van der Waals surface area contributed by atoms with Gasteiger partial charge >= 0.3 is 0 Å². The maximum absolute atomic E-state index is 13.1. The highest BCUT2D eigenvalue weighted by molar-refractivity contribution is 5.95. The monoisotopic (exact) mass is 344 g/mol. The number of hydrogen-bond donors (Lipinski definition) is 0. The largest absolute Gasteiger partial charge is 0.338 e. The molecule has 3 heterocycles. The van der Waals surface area contributed by atoms with Crippen LogP contribution in [0.3, 0.4) is 0 Å². The van der Waals surface area contributed by atoms with Crippen molar-refractivity contribution in [1.82, 2.24) is 29.9 Å². The molecule has 1 aliphatic heterocycles. The summed E-state index contributed by atoms with van der Waals surface area (Å²) in [5.41, 5.74) is 1.37. The maximum atomic E-state index is 13.1. The molecule has 2 aromatic rings. The molecule has 0 bridgehead atoms. The molecule has 1 atom stereocenters. The van der Waals surface area contributed by atoms with E-state index in [0.717, 1.165) is 12.2 Å². The van der Waals surface area contributed by atoms with Crippen LogP contribution in [0.25, 0.3) is 0 Å². The fraction of sp³-hybridized carbons (Fsp3) is 0.588. The Morgan fingerprint density at radius 3 is 2.64 bits per heavy atom. The fourth-order valence-electron chi connectivity index (χ4n) is 3.04. The van der Waals surface area contributed by atoms with Crippen molar-refractivity contribution in [3.05, 3.63) is 35.0 Å². The number of piperazine rings is 1. The minimum atomic E-state index is -0.104. The van der Waals surface area contributed by atoms with Gasteiger partial charge in [-0.1, -0.05) is 19.0 Å². The van der Waals surface area contributed by atoms with Gasteiger partial charge in [0, 0.05) is 25.8 Å². The van der Waals surface area contributed by atoms with Gasteiger partial charge in [-0.05, 0) is 26.8 Å². The number of aryl methyl sites for hydroxylation is 2. The smallest absolute Gasteiger partial charge is 0.257 e. The van der Waals surface area contributed by atoms with Gasteiger partial charge < -0.3 is 9.42 Å². The highest BCUT2D eigenvalue weighted by Gasteiger charge is 2.33. The van der Waals surface area contributed by atoms with Crippen LogP contribution in [0.4, 0.5) is 0 Å². The van der Waals surface area contributed by atoms with E-state index in [-0.39, 0.29) is 17.9 Å². The summed E-state index contributed by atoms with van der Waals surface area (Å²) in [6, 6.07) is -0.104. The molecule has 1 fully saturated rings. The number of carbonyl (C=O) groups excluding carboxylic acids is 1. The Kier molecular flexibility index (Phi) is 4.80. The van der Waals surface area contributed by atoms with Crippen molar-refractivity contribution in [2.45, 2.75) is 39.7 Å². The summed E-state index contributed by atoms with van der Waals surface area (Å²) in [5.74, 6) is 1.93. The Hall–Kier alpha value is -2.35. The molecule has 1 saturated heterocycles. The van der Waals surface area contributed by atoms with Gasteiger partial charge in [0.05, 0.1) is 11.3 Å². The zero-order valence-electron chi connectivity index (χ0n) is 15.4. The van der Waals surface area contributed by atoms with Crippen molar-refractivity contribution < 1.29 is 9.32 Å². The van der Waals surface area contributed by atoms with E-state index in [9.17, 15) is 4.79 Å². The molecule has 1 amide bonds. The highest BCUT2D eigenvalue weighted by Crippen LogP contribution is 2.25. The van der Waals surface area contributed by atoms with Crippen LogP contribution in [0.15, 0.2) is 10.7 Å². The van der Waals surface area contributed by atoms with Gasteiger partial charge in [-0.25, -0.2) is 9.97 Å².